The molecule has 0 aliphatic rings. The normalized spacial score (nSPS) is 11.6. The maximum Gasteiger partial charge on any atom is 0.193 e. The number of hydrogen-bond donors (Lipinski definition) is 1. The van der Waals surface area contributed by atoms with Crippen molar-refractivity contribution < 1.29 is 9.13 Å². The van der Waals surface area contributed by atoms with Crippen molar-refractivity contribution in [2.75, 3.05) is 21.2 Å². The molecule has 0 fully saturated rings. The van der Waals surface area contributed by atoms with Gasteiger partial charge >= 0.3 is 0 Å². The summed E-state index contributed by atoms with van der Waals surface area (Å²) in [6, 6.07) is 5.03. The lowest BCUT2D eigenvalue weighted by atomic mass is 10.1. The van der Waals surface area contributed by atoms with Crippen molar-refractivity contribution in [3.63, 3.8) is 0 Å². The molecule has 1 heterocycles. The second kappa shape index (κ2) is 8.44. The van der Waals surface area contributed by atoms with Crippen LogP contribution in [0.25, 0.3) is 0 Å². The van der Waals surface area contributed by atoms with Crippen LogP contribution in [0.15, 0.2) is 35.6 Å². The summed E-state index contributed by atoms with van der Waals surface area (Å²) in [5.74, 6) is 0.509. The van der Waals surface area contributed by atoms with E-state index in [4.69, 9.17) is 4.74 Å². The number of benzene rings is 1. The molecule has 2 aromatic rings. The predicted octanol–water partition coefficient (Wildman–Crippen LogP) is 1.91. The first-order valence-electron chi connectivity index (χ1n) is 7.69. The molecule has 0 unspecified atom stereocenters. The molecule has 0 atom stereocenters. The number of guanidine groups is 1. The number of aliphatic imine (C=N–C) groups is 1. The van der Waals surface area contributed by atoms with Crippen molar-refractivity contribution in [2.24, 2.45) is 12.0 Å². The van der Waals surface area contributed by atoms with Gasteiger partial charge in [-0.15, -0.1) is 0 Å². The predicted molar refractivity (Wildman–Crippen MR) is 92.0 cm³/mol. The molecule has 6 nitrogen and oxygen atoms in total. The third kappa shape index (κ3) is 4.79. The van der Waals surface area contributed by atoms with Gasteiger partial charge in [-0.3, -0.25) is 9.67 Å². The Morgan fingerprint density at radius 1 is 1.42 bits per heavy atom. The van der Waals surface area contributed by atoms with Gasteiger partial charge in [0.2, 0.25) is 0 Å². The second-order valence-corrected chi connectivity index (χ2v) is 5.64. The van der Waals surface area contributed by atoms with Gasteiger partial charge in [-0.2, -0.15) is 5.10 Å². The summed E-state index contributed by atoms with van der Waals surface area (Å²) in [5, 5.41) is 7.45. The van der Waals surface area contributed by atoms with Gasteiger partial charge in [0.25, 0.3) is 0 Å². The van der Waals surface area contributed by atoms with Crippen molar-refractivity contribution in [1.82, 2.24) is 20.0 Å². The Morgan fingerprint density at radius 3 is 2.83 bits per heavy atom. The molecule has 1 aromatic carbocycles. The molecule has 0 amide bonds. The van der Waals surface area contributed by atoms with Gasteiger partial charge in [0.05, 0.1) is 12.8 Å². The fraction of sp³-hybridized carbons (Fsp3) is 0.412. The van der Waals surface area contributed by atoms with Gasteiger partial charge < -0.3 is 15.0 Å². The molecular weight excluding hydrogens is 309 g/mol. The minimum atomic E-state index is -0.251. The number of nitrogens with zero attached hydrogens (tertiary/aromatic N) is 4. The Kier molecular flexibility index (Phi) is 6.31. The van der Waals surface area contributed by atoms with Crippen LogP contribution in [0.1, 0.15) is 16.7 Å². The summed E-state index contributed by atoms with van der Waals surface area (Å²) in [4.78, 5) is 6.30. The van der Waals surface area contributed by atoms with E-state index in [1.165, 1.54) is 6.07 Å². The zero-order valence-corrected chi connectivity index (χ0v) is 14.6. The van der Waals surface area contributed by atoms with Gasteiger partial charge in [0, 0.05) is 58.7 Å². The van der Waals surface area contributed by atoms with Crippen molar-refractivity contribution in [2.45, 2.75) is 19.7 Å². The second-order valence-electron chi connectivity index (χ2n) is 5.64. The van der Waals surface area contributed by atoms with Crippen LogP contribution in [0.5, 0.6) is 0 Å². The average molecular weight is 333 g/mol. The molecule has 0 aliphatic carbocycles. The minimum absolute atomic E-state index is 0.251. The highest BCUT2D eigenvalue weighted by Gasteiger charge is 2.09. The quantitative estimate of drug-likeness (QED) is 0.648. The van der Waals surface area contributed by atoms with Crippen LogP contribution >= 0.6 is 0 Å². The van der Waals surface area contributed by atoms with Crippen molar-refractivity contribution >= 4 is 5.96 Å². The molecular formula is C17H24FN5O. The number of aryl methyl sites for hydroxylation is 1. The van der Waals surface area contributed by atoms with E-state index in [2.05, 4.69) is 15.4 Å². The summed E-state index contributed by atoms with van der Waals surface area (Å²) in [6.45, 7) is 1.52. The van der Waals surface area contributed by atoms with Crippen LogP contribution in [-0.2, 0) is 31.5 Å². The SMILES string of the molecule is CN=C(NCc1ccc(F)c(COC)c1)N(C)Cc1cnn(C)c1. The molecule has 0 aliphatic heterocycles. The van der Waals surface area contributed by atoms with Crippen molar-refractivity contribution in [1.29, 1.82) is 0 Å². The molecule has 0 saturated heterocycles. The Morgan fingerprint density at radius 2 is 2.21 bits per heavy atom. The molecule has 1 aromatic heterocycles. The Hall–Kier alpha value is -2.41. The number of ether oxygens (including phenoxy) is 1. The molecule has 0 radical (unpaired) electrons. The summed E-state index contributed by atoms with van der Waals surface area (Å²) in [7, 11) is 7.15. The average Bonchev–Trinajstić information content (AvgIpc) is 2.96. The Labute approximate surface area is 141 Å². The first-order valence-corrected chi connectivity index (χ1v) is 7.69. The summed E-state index contributed by atoms with van der Waals surface area (Å²) < 4.78 is 20.4. The monoisotopic (exact) mass is 333 g/mol. The van der Waals surface area contributed by atoms with E-state index in [9.17, 15) is 4.39 Å². The third-order valence-corrected chi connectivity index (χ3v) is 3.61. The van der Waals surface area contributed by atoms with E-state index in [0.29, 0.717) is 18.7 Å². The highest BCUT2D eigenvalue weighted by atomic mass is 19.1. The van der Waals surface area contributed by atoms with Gasteiger partial charge in [-0.1, -0.05) is 6.07 Å². The Bertz CT molecular complexity index is 698. The van der Waals surface area contributed by atoms with Crippen LogP contribution in [0, 0.1) is 5.82 Å². The zero-order chi connectivity index (χ0) is 17.5. The number of hydrogen-bond acceptors (Lipinski definition) is 3. The highest BCUT2D eigenvalue weighted by molar-refractivity contribution is 5.79. The zero-order valence-electron chi connectivity index (χ0n) is 14.6. The largest absolute Gasteiger partial charge is 0.380 e. The van der Waals surface area contributed by atoms with E-state index < -0.39 is 0 Å². The van der Waals surface area contributed by atoms with Crippen LogP contribution < -0.4 is 5.32 Å². The van der Waals surface area contributed by atoms with Gasteiger partial charge in [-0.25, -0.2) is 4.39 Å². The van der Waals surface area contributed by atoms with Crippen molar-refractivity contribution in [3.8, 4) is 0 Å². The number of methoxy groups -OCH3 is 1. The van der Waals surface area contributed by atoms with Crippen LogP contribution in [0.2, 0.25) is 0 Å². The first kappa shape index (κ1) is 17.9. The number of aromatic nitrogens is 2. The maximum absolute atomic E-state index is 13.7. The number of rotatable bonds is 6. The number of nitrogens with one attached hydrogen (secondary N) is 1. The molecule has 24 heavy (non-hydrogen) atoms. The number of halogens is 1. The van der Waals surface area contributed by atoms with Crippen LogP contribution in [0.4, 0.5) is 4.39 Å². The third-order valence-electron chi connectivity index (χ3n) is 3.61. The van der Waals surface area contributed by atoms with Crippen LogP contribution in [0.3, 0.4) is 0 Å². The van der Waals surface area contributed by atoms with Crippen molar-refractivity contribution in [3.05, 3.63) is 53.1 Å². The fourth-order valence-corrected chi connectivity index (χ4v) is 2.47. The smallest absolute Gasteiger partial charge is 0.193 e. The summed E-state index contributed by atoms with van der Waals surface area (Å²) in [5.41, 5.74) is 2.63. The highest BCUT2D eigenvalue weighted by Crippen LogP contribution is 2.12. The van der Waals surface area contributed by atoms with E-state index in [1.54, 1.807) is 31.0 Å². The van der Waals surface area contributed by atoms with E-state index >= 15 is 0 Å². The summed E-state index contributed by atoms with van der Waals surface area (Å²) >= 11 is 0. The molecule has 2 rings (SSSR count). The summed E-state index contributed by atoms with van der Waals surface area (Å²) in [6.07, 6.45) is 3.81. The van der Waals surface area contributed by atoms with E-state index in [1.807, 2.05) is 31.4 Å². The van der Waals surface area contributed by atoms with E-state index in [0.717, 1.165) is 17.1 Å². The Balaban J connectivity index is 1.97. The fourth-order valence-electron chi connectivity index (χ4n) is 2.47. The lowest BCUT2D eigenvalue weighted by molar-refractivity contribution is 0.181. The van der Waals surface area contributed by atoms with Gasteiger partial charge in [-0.05, 0) is 17.7 Å². The van der Waals surface area contributed by atoms with Crippen LogP contribution in [-0.4, -0.2) is 41.8 Å². The first-order chi connectivity index (χ1) is 11.5. The topological polar surface area (TPSA) is 54.7 Å². The molecule has 7 heteroatoms. The molecule has 0 bridgehead atoms. The maximum atomic E-state index is 13.7. The van der Waals surface area contributed by atoms with E-state index in [-0.39, 0.29) is 12.4 Å². The molecule has 0 spiro atoms. The van der Waals surface area contributed by atoms with Gasteiger partial charge in [0.1, 0.15) is 5.82 Å². The molecule has 0 saturated carbocycles. The molecule has 1 N–H and O–H groups in total. The minimum Gasteiger partial charge on any atom is -0.380 e. The lowest BCUT2D eigenvalue weighted by Crippen LogP contribution is -2.38. The van der Waals surface area contributed by atoms with Gasteiger partial charge in [0.15, 0.2) is 5.96 Å². The standard InChI is InChI=1S/C17H24FN5O/c1-19-17(22(2)10-14-9-21-23(3)11-14)20-8-13-5-6-16(18)15(7-13)12-24-4/h5-7,9,11H,8,10,12H2,1-4H3,(H,19,20). The lowest BCUT2D eigenvalue weighted by Gasteiger charge is -2.21. The molecule has 130 valence electrons.